The number of nitrogens with zero attached hydrogens (tertiary/aromatic N) is 4. The molecule has 5 rings (SSSR count). The molecule has 2 aromatic heterocycles. The van der Waals surface area contributed by atoms with Gasteiger partial charge < -0.3 is 9.30 Å². The van der Waals surface area contributed by atoms with Crippen LogP contribution in [0.4, 0.5) is 0 Å². The molecule has 0 aliphatic heterocycles. The lowest BCUT2D eigenvalue weighted by molar-refractivity contribution is -0.159. The first kappa shape index (κ1) is 25.0. The number of ketones is 1. The van der Waals surface area contributed by atoms with Gasteiger partial charge in [0.05, 0.1) is 26.7 Å². The number of imidazole rings is 1. The van der Waals surface area contributed by atoms with Crippen LogP contribution in [0.25, 0.3) is 22.4 Å². The van der Waals surface area contributed by atoms with Crippen LogP contribution in [-0.4, -0.2) is 46.0 Å². The van der Waals surface area contributed by atoms with Crippen molar-refractivity contribution in [2.45, 2.75) is 52.9 Å². The zero-order valence-electron chi connectivity index (χ0n) is 22.0. The second-order valence-electron chi connectivity index (χ2n) is 10.9. The Morgan fingerprint density at radius 2 is 1.73 bits per heavy atom. The number of Topliss-reactive ketones (excluding diaryl/α,β-unsaturated/α-hetero) is 1. The van der Waals surface area contributed by atoms with Crippen LogP contribution in [0, 0.1) is 5.41 Å². The summed E-state index contributed by atoms with van der Waals surface area (Å²) in [6, 6.07) is 14.6. The van der Waals surface area contributed by atoms with Crippen LogP contribution in [0.3, 0.4) is 0 Å². The maximum atomic E-state index is 13.0. The normalized spacial score (nSPS) is 17.1. The Hall–Kier alpha value is -3.65. The number of esters is 1. The third-order valence-electron chi connectivity index (χ3n) is 7.33. The van der Waals surface area contributed by atoms with Gasteiger partial charge >= 0.3 is 5.97 Å². The minimum atomic E-state index is -1.87. The molecule has 2 heterocycles. The second kappa shape index (κ2) is 9.34. The van der Waals surface area contributed by atoms with E-state index in [1.54, 1.807) is 13.3 Å². The number of benzene rings is 2. The summed E-state index contributed by atoms with van der Waals surface area (Å²) in [5.41, 5.74) is 5.44. The fourth-order valence-corrected chi connectivity index (χ4v) is 6.97. The van der Waals surface area contributed by atoms with E-state index in [1.165, 1.54) is 12.1 Å². The smallest absolute Gasteiger partial charge is 0.320 e. The Balaban J connectivity index is 1.68. The number of aromatic nitrogens is 4. The zero-order valence-corrected chi connectivity index (χ0v) is 23.0. The molecule has 7 nitrogen and oxygen atoms in total. The van der Waals surface area contributed by atoms with Crippen LogP contribution in [0.1, 0.15) is 30.5 Å². The van der Waals surface area contributed by atoms with Crippen molar-refractivity contribution in [2.24, 2.45) is 5.41 Å². The third-order valence-corrected chi connectivity index (χ3v) is 9.36. The molecule has 1 aliphatic rings. The Morgan fingerprint density at radius 3 is 2.38 bits per heavy atom. The molecule has 0 bridgehead atoms. The van der Waals surface area contributed by atoms with E-state index in [0.29, 0.717) is 25.0 Å². The van der Waals surface area contributed by atoms with Crippen molar-refractivity contribution in [1.29, 1.82) is 0 Å². The molecule has 0 radical (unpaired) electrons. The molecule has 0 N–H and O–H groups in total. The van der Waals surface area contributed by atoms with E-state index >= 15 is 0 Å². The number of fused-ring (bicyclic) bond motifs is 2. The molecule has 190 valence electrons. The average Bonchev–Trinajstić information content (AvgIpc) is 3.45. The molecule has 0 saturated heterocycles. The highest BCUT2D eigenvalue weighted by molar-refractivity contribution is 6.89. The van der Waals surface area contributed by atoms with Crippen LogP contribution < -0.4 is 5.19 Å². The largest absolute Gasteiger partial charge is 0.465 e. The third kappa shape index (κ3) is 4.39. The van der Waals surface area contributed by atoms with Crippen LogP contribution in [-0.2, 0) is 33.7 Å². The fourth-order valence-electron chi connectivity index (χ4n) is 5.36. The SMILES string of the molecule is CCOC(=O)C1(C(C)=O)Cc2cc(-c3ncnc4ncn(Cc5ccccc5)c34)c([Si](C)(C)C)cc2C1. The van der Waals surface area contributed by atoms with Gasteiger partial charge in [0.2, 0.25) is 0 Å². The molecule has 0 saturated carbocycles. The quantitative estimate of drug-likeness (QED) is 0.208. The van der Waals surface area contributed by atoms with Gasteiger partial charge in [0.15, 0.2) is 5.65 Å². The van der Waals surface area contributed by atoms with E-state index in [2.05, 4.69) is 58.4 Å². The summed E-state index contributed by atoms with van der Waals surface area (Å²) in [5, 5.41) is 1.24. The summed E-state index contributed by atoms with van der Waals surface area (Å²) >= 11 is 0. The van der Waals surface area contributed by atoms with Crippen molar-refractivity contribution in [3.05, 3.63) is 71.8 Å². The minimum absolute atomic E-state index is 0.149. The summed E-state index contributed by atoms with van der Waals surface area (Å²) in [7, 11) is -1.87. The summed E-state index contributed by atoms with van der Waals surface area (Å²) in [6.45, 7) is 11.1. The summed E-state index contributed by atoms with van der Waals surface area (Å²) in [4.78, 5) is 39.6. The van der Waals surface area contributed by atoms with Crippen LogP contribution in [0.5, 0.6) is 0 Å². The van der Waals surface area contributed by atoms with E-state index in [-0.39, 0.29) is 12.4 Å². The molecule has 1 atom stereocenters. The van der Waals surface area contributed by atoms with E-state index in [9.17, 15) is 9.59 Å². The molecular weight excluding hydrogens is 480 g/mol. The van der Waals surface area contributed by atoms with Crippen molar-refractivity contribution >= 4 is 36.2 Å². The monoisotopic (exact) mass is 512 g/mol. The molecule has 0 amide bonds. The van der Waals surface area contributed by atoms with Gasteiger partial charge in [-0.05, 0) is 49.4 Å². The lowest BCUT2D eigenvalue weighted by Gasteiger charge is -2.23. The number of ether oxygens (including phenoxy) is 1. The lowest BCUT2D eigenvalue weighted by atomic mass is 9.81. The molecule has 2 aromatic carbocycles. The number of hydrogen-bond donors (Lipinski definition) is 0. The molecule has 8 heteroatoms. The standard InChI is InChI=1S/C29H32N4O3Si/c1-6-36-28(35)29(19(2)34)14-21-12-23(24(37(3,4)5)13-22(21)15-29)25-26-27(31-17-30-25)32-18-33(26)16-20-10-8-7-9-11-20/h7-13,17-18H,6,14-16H2,1-5H3. The summed E-state index contributed by atoms with van der Waals surface area (Å²) < 4.78 is 7.47. The Bertz CT molecular complexity index is 1510. The lowest BCUT2D eigenvalue weighted by Crippen LogP contribution is -2.40. The number of rotatable bonds is 7. The molecule has 1 unspecified atom stereocenters. The molecule has 1 aliphatic carbocycles. The Morgan fingerprint density at radius 1 is 1.03 bits per heavy atom. The number of hydrogen-bond acceptors (Lipinski definition) is 6. The zero-order chi connectivity index (χ0) is 26.4. The Kier molecular flexibility index (Phi) is 6.31. The van der Waals surface area contributed by atoms with Crippen LogP contribution in [0.15, 0.2) is 55.1 Å². The van der Waals surface area contributed by atoms with E-state index in [4.69, 9.17) is 9.72 Å². The molecular formula is C29H32N4O3Si. The van der Waals surface area contributed by atoms with E-state index < -0.39 is 19.5 Å². The number of carbonyl (C=O) groups excluding carboxylic acids is 2. The van der Waals surface area contributed by atoms with Gasteiger partial charge in [-0.3, -0.25) is 9.59 Å². The molecule has 37 heavy (non-hydrogen) atoms. The van der Waals surface area contributed by atoms with Gasteiger partial charge in [-0.15, -0.1) is 0 Å². The molecule has 0 spiro atoms. The van der Waals surface area contributed by atoms with Gasteiger partial charge in [0.1, 0.15) is 23.0 Å². The highest BCUT2D eigenvalue weighted by Crippen LogP contribution is 2.41. The van der Waals surface area contributed by atoms with Crippen molar-refractivity contribution in [1.82, 2.24) is 19.5 Å². The van der Waals surface area contributed by atoms with Crippen LogP contribution in [0.2, 0.25) is 19.6 Å². The van der Waals surface area contributed by atoms with Gasteiger partial charge in [-0.25, -0.2) is 15.0 Å². The maximum absolute atomic E-state index is 13.0. The molecule has 0 fully saturated rings. The first-order valence-corrected chi connectivity index (χ1v) is 16.2. The Labute approximate surface area is 217 Å². The summed E-state index contributed by atoms with van der Waals surface area (Å²) in [5.74, 6) is -0.580. The van der Waals surface area contributed by atoms with Gasteiger partial charge in [-0.2, -0.15) is 0 Å². The van der Waals surface area contributed by atoms with Crippen molar-refractivity contribution in [3.8, 4) is 11.3 Å². The summed E-state index contributed by atoms with van der Waals surface area (Å²) in [6.07, 6.45) is 4.10. The van der Waals surface area contributed by atoms with Crippen molar-refractivity contribution < 1.29 is 14.3 Å². The number of carbonyl (C=O) groups is 2. The highest BCUT2D eigenvalue weighted by Gasteiger charge is 2.49. The maximum Gasteiger partial charge on any atom is 0.320 e. The second-order valence-corrected chi connectivity index (χ2v) is 15.9. The first-order valence-electron chi connectivity index (χ1n) is 12.7. The molecule has 4 aromatic rings. The topological polar surface area (TPSA) is 87.0 Å². The minimum Gasteiger partial charge on any atom is -0.465 e. The van der Waals surface area contributed by atoms with Gasteiger partial charge in [0, 0.05) is 12.1 Å². The van der Waals surface area contributed by atoms with Gasteiger partial charge in [-0.1, -0.05) is 61.2 Å². The van der Waals surface area contributed by atoms with E-state index in [0.717, 1.165) is 33.5 Å². The van der Waals surface area contributed by atoms with Gasteiger partial charge in [0.25, 0.3) is 0 Å². The predicted molar refractivity (Wildman–Crippen MR) is 146 cm³/mol. The van der Waals surface area contributed by atoms with E-state index in [1.807, 2.05) is 24.5 Å². The predicted octanol–water partition coefficient (Wildman–Crippen LogP) is 4.32. The van der Waals surface area contributed by atoms with Crippen molar-refractivity contribution in [2.75, 3.05) is 6.61 Å². The first-order chi connectivity index (χ1) is 17.6. The highest BCUT2D eigenvalue weighted by atomic mass is 28.3. The fraction of sp³-hybridized carbons (Fsp3) is 0.345. The van der Waals surface area contributed by atoms with Crippen LogP contribution >= 0.6 is 0 Å². The van der Waals surface area contributed by atoms with Crippen molar-refractivity contribution in [3.63, 3.8) is 0 Å². The average molecular weight is 513 g/mol.